The molecule has 1 aliphatic rings. The van der Waals surface area contributed by atoms with Crippen LogP contribution in [0.25, 0.3) is 0 Å². The highest BCUT2D eigenvalue weighted by Crippen LogP contribution is 2.21. The van der Waals surface area contributed by atoms with E-state index >= 15 is 0 Å². The minimum atomic E-state index is -3.62. The maximum absolute atomic E-state index is 12.6. The van der Waals surface area contributed by atoms with Gasteiger partial charge in [0.05, 0.1) is 11.5 Å². The zero-order valence-electron chi connectivity index (χ0n) is 16.1. The molecule has 0 spiro atoms. The smallest absolute Gasteiger partial charge is 0.269 e. The molecule has 0 bridgehead atoms. The van der Waals surface area contributed by atoms with Gasteiger partial charge in [0.15, 0.2) is 0 Å². The normalized spacial score (nSPS) is 14.4. The summed E-state index contributed by atoms with van der Waals surface area (Å²) >= 11 is 0. The number of nitrogens with zero attached hydrogens (tertiary/aromatic N) is 1. The van der Waals surface area contributed by atoms with Gasteiger partial charge in [0.1, 0.15) is 5.75 Å². The van der Waals surface area contributed by atoms with Crippen LogP contribution in [0.1, 0.15) is 40.5 Å². The van der Waals surface area contributed by atoms with Crippen molar-refractivity contribution < 1.29 is 22.7 Å². The lowest BCUT2D eigenvalue weighted by atomic mass is 10.2. The minimum absolute atomic E-state index is 0.0601. The molecule has 0 saturated carbocycles. The lowest BCUT2D eigenvalue weighted by molar-refractivity contribution is 0.0846. The van der Waals surface area contributed by atoms with Crippen molar-refractivity contribution in [3.63, 3.8) is 0 Å². The van der Waals surface area contributed by atoms with Gasteiger partial charge in [0.25, 0.3) is 11.8 Å². The van der Waals surface area contributed by atoms with E-state index in [1.165, 1.54) is 28.6 Å². The summed E-state index contributed by atoms with van der Waals surface area (Å²) in [4.78, 5) is 24.6. The van der Waals surface area contributed by atoms with Crippen molar-refractivity contribution in [3.05, 3.63) is 59.7 Å². The molecule has 0 aliphatic carbocycles. The third-order valence-electron chi connectivity index (χ3n) is 4.52. The third kappa shape index (κ3) is 4.93. The van der Waals surface area contributed by atoms with Crippen molar-refractivity contribution in [2.45, 2.75) is 24.7 Å². The van der Waals surface area contributed by atoms with Gasteiger partial charge in [0.2, 0.25) is 10.0 Å². The van der Waals surface area contributed by atoms with E-state index in [4.69, 9.17) is 4.74 Å². The molecule has 2 amide bonds. The fraction of sp³-hybridized carbons (Fsp3) is 0.300. The Bertz CT molecular complexity index is 983. The average molecular weight is 417 g/mol. The van der Waals surface area contributed by atoms with Crippen LogP contribution in [0.4, 0.5) is 0 Å². The van der Waals surface area contributed by atoms with Gasteiger partial charge in [-0.2, -0.15) is 4.31 Å². The van der Waals surface area contributed by atoms with Crippen molar-refractivity contribution in [2.75, 3.05) is 19.7 Å². The Morgan fingerprint density at radius 1 is 0.966 bits per heavy atom. The van der Waals surface area contributed by atoms with Gasteiger partial charge < -0.3 is 4.74 Å². The van der Waals surface area contributed by atoms with Crippen LogP contribution >= 0.6 is 0 Å². The minimum Gasteiger partial charge on any atom is -0.494 e. The van der Waals surface area contributed by atoms with E-state index in [0.29, 0.717) is 31.0 Å². The molecule has 1 saturated heterocycles. The predicted molar refractivity (Wildman–Crippen MR) is 107 cm³/mol. The zero-order chi connectivity index (χ0) is 20.9. The highest BCUT2D eigenvalue weighted by atomic mass is 32.2. The standard InChI is InChI=1S/C20H23N3O5S/c1-2-28-17-10-8-15(9-11-17)19(24)21-22-20(25)16-6-5-7-18(14-16)29(26,27)23-12-3-4-13-23/h5-11,14H,2-4,12-13H2,1H3,(H,21,24)(H,22,25). The number of hydrazine groups is 1. The largest absolute Gasteiger partial charge is 0.494 e. The summed E-state index contributed by atoms with van der Waals surface area (Å²) in [7, 11) is -3.62. The number of nitrogens with one attached hydrogen (secondary N) is 2. The van der Waals surface area contributed by atoms with Gasteiger partial charge >= 0.3 is 0 Å². The van der Waals surface area contributed by atoms with Crippen molar-refractivity contribution in [1.82, 2.24) is 15.2 Å². The fourth-order valence-electron chi connectivity index (χ4n) is 3.00. The molecule has 1 fully saturated rings. The molecule has 29 heavy (non-hydrogen) atoms. The number of hydrogen-bond acceptors (Lipinski definition) is 5. The number of benzene rings is 2. The molecular weight excluding hydrogens is 394 g/mol. The summed E-state index contributed by atoms with van der Waals surface area (Å²) < 4.78 is 32.0. The highest BCUT2D eigenvalue weighted by molar-refractivity contribution is 7.89. The Morgan fingerprint density at radius 2 is 1.59 bits per heavy atom. The number of carbonyl (C=O) groups is 2. The Hall–Kier alpha value is -2.91. The maximum atomic E-state index is 12.6. The first-order chi connectivity index (χ1) is 13.9. The van der Waals surface area contributed by atoms with Gasteiger partial charge in [-0.15, -0.1) is 0 Å². The first kappa shape index (κ1) is 20.8. The van der Waals surface area contributed by atoms with Crippen molar-refractivity contribution in [2.24, 2.45) is 0 Å². The van der Waals surface area contributed by atoms with E-state index in [0.717, 1.165) is 12.8 Å². The molecule has 9 heteroatoms. The molecule has 3 rings (SSSR count). The van der Waals surface area contributed by atoms with Crippen LogP contribution in [0, 0.1) is 0 Å². The monoisotopic (exact) mass is 417 g/mol. The molecule has 0 radical (unpaired) electrons. The molecular formula is C20H23N3O5S. The topological polar surface area (TPSA) is 105 Å². The first-order valence-corrected chi connectivity index (χ1v) is 10.8. The quantitative estimate of drug-likeness (QED) is 0.699. The summed E-state index contributed by atoms with van der Waals surface area (Å²) in [5.74, 6) is -0.464. The number of sulfonamides is 1. The Balaban J connectivity index is 1.64. The molecule has 8 nitrogen and oxygen atoms in total. The lowest BCUT2D eigenvalue weighted by Crippen LogP contribution is -2.41. The number of carbonyl (C=O) groups excluding carboxylic acids is 2. The molecule has 0 unspecified atom stereocenters. The summed E-state index contributed by atoms with van der Waals surface area (Å²) in [5, 5.41) is 0. The summed E-state index contributed by atoms with van der Waals surface area (Å²) in [6.07, 6.45) is 1.66. The molecule has 0 aromatic heterocycles. The second kappa shape index (κ2) is 9.06. The molecule has 2 aromatic rings. The third-order valence-corrected chi connectivity index (χ3v) is 6.41. The van der Waals surface area contributed by atoms with E-state index in [1.807, 2.05) is 6.92 Å². The van der Waals surface area contributed by atoms with Crippen molar-refractivity contribution in [1.29, 1.82) is 0 Å². The van der Waals surface area contributed by atoms with Crippen LogP contribution in [-0.4, -0.2) is 44.2 Å². The predicted octanol–water partition coefficient (Wildman–Crippen LogP) is 1.94. The Morgan fingerprint density at radius 3 is 2.21 bits per heavy atom. The average Bonchev–Trinajstić information content (AvgIpc) is 3.28. The SMILES string of the molecule is CCOc1ccc(C(=O)NNC(=O)c2cccc(S(=O)(=O)N3CCCC3)c2)cc1. The van der Waals surface area contributed by atoms with Crippen LogP contribution < -0.4 is 15.6 Å². The number of amides is 2. The molecule has 0 atom stereocenters. The van der Waals surface area contributed by atoms with Crippen molar-refractivity contribution >= 4 is 21.8 Å². The van der Waals surface area contributed by atoms with Crippen LogP contribution in [0.2, 0.25) is 0 Å². The second-order valence-corrected chi connectivity index (χ2v) is 8.44. The van der Waals surface area contributed by atoms with Gasteiger partial charge in [0, 0.05) is 24.2 Å². The lowest BCUT2D eigenvalue weighted by Gasteiger charge is -2.16. The van der Waals surface area contributed by atoms with Gasteiger partial charge in [-0.1, -0.05) is 6.07 Å². The van der Waals surface area contributed by atoms with Gasteiger partial charge in [-0.25, -0.2) is 8.42 Å². The van der Waals surface area contributed by atoms with E-state index in [2.05, 4.69) is 10.9 Å². The summed E-state index contributed by atoms with van der Waals surface area (Å²) in [6.45, 7) is 3.35. The number of rotatable bonds is 6. The maximum Gasteiger partial charge on any atom is 0.269 e. The number of hydrogen-bond donors (Lipinski definition) is 2. The first-order valence-electron chi connectivity index (χ1n) is 9.35. The van der Waals surface area contributed by atoms with E-state index in [1.54, 1.807) is 24.3 Å². The molecule has 2 aromatic carbocycles. The van der Waals surface area contributed by atoms with E-state index < -0.39 is 21.8 Å². The zero-order valence-corrected chi connectivity index (χ0v) is 16.9. The Kier molecular flexibility index (Phi) is 6.50. The van der Waals surface area contributed by atoms with Crippen LogP contribution in [0.3, 0.4) is 0 Å². The molecule has 154 valence electrons. The van der Waals surface area contributed by atoms with Crippen LogP contribution in [-0.2, 0) is 10.0 Å². The Labute approximate surface area is 169 Å². The summed E-state index contributed by atoms with van der Waals surface area (Å²) in [6, 6.07) is 12.2. The van der Waals surface area contributed by atoms with Gasteiger partial charge in [-0.05, 0) is 62.2 Å². The summed E-state index contributed by atoms with van der Waals surface area (Å²) in [5.41, 5.74) is 5.11. The van der Waals surface area contributed by atoms with E-state index in [-0.39, 0.29) is 10.5 Å². The highest BCUT2D eigenvalue weighted by Gasteiger charge is 2.27. The van der Waals surface area contributed by atoms with Crippen LogP contribution in [0.15, 0.2) is 53.4 Å². The fourth-order valence-corrected chi connectivity index (χ4v) is 4.57. The number of ether oxygens (including phenoxy) is 1. The van der Waals surface area contributed by atoms with Gasteiger partial charge in [-0.3, -0.25) is 20.4 Å². The molecule has 1 aliphatic heterocycles. The van der Waals surface area contributed by atoms with E-state index in [9.17, 15) is 18.0 Å². The molecule has 2 N–H and O–H groups in total. The van der Waals surface area contributed by atoms with Crippen LogP contribution in [0.5, 0.6) is 5.75 Å². The molecule has 1 heterocycles. The second-order valence-electron chi connectivity index (χ2n) is 6.50. The van der Waals surface area contributed by atoms with Crippen molar-refractivity contribution in [3.8, 4) is 5.75 Å².